The molecule has 18 heavy (non-hydrogen) atoms. The summed E-state index contributed by atoms with van der Waals surface area (Å²) in [4.78, 5) is 14.1. The molecule has 0 aromatic heterocycles. The Morgan fingerprint density at radius 2 is 2.39 bits per heavy atom. The second-order valence-corrected chi connectivity index (χ2v) is 4.45. The number of amides is 1. The zero-order valence-corrected chi connectivity index (χ0v) is 10.4. The monoisotopic (exact) mass is 250 g/mol. The molecule has 1 aromatic rings. The van der Waals surface area contributed by atoms with Crippen LogP contribution in [-0.4, -0.2) is 48.3 Å². The topological polar surface area (TPSA) is 75.8 Å². The standard InChI is InChI=1S/C13H18N2O3/c1-9-3-2-4-11(14)12(9)13(17)15-5-6-18-8-10(15)7-16/h2-4,10,16H,5-8,14H2,1H3. The lowest BCUT2D eigenvalue weighted by Crippen LogP contribution is -2.50. The number of nitrogens with two attached hydrogens (primary N) is 1. The number of ether oxygens (including phenoxy) is 1. The number of hydrogen-bond donors (Lipinski definition) is 2. The van der Waals surface area contributed by atoms with Crippen LogP contribution in [0.3, 0.4) is 0 Å². The van der Waals surface area contributed by atoms with E-state index in [-0.39, 0.29) is 18.6 Å². The number of aryl methyl sites for hydroxylation is 1. The van der Waals surface area contributed by atoms with Gasteiger partial charge in [0.15, 0.2) is 0 Å². The fraction of sp³-hybridized carbons (Fsp3) is 0.462. The fourth-order valence-corrected chi connectivity index (χ4v) is 2.20. The lowest BCUT2D eigenvalue weighted by Gasteiger charge is -2.35. The Hall–Kier alpha value is -1.59. The van der Waals surface area contributed by atoms with Crippen LogP contribution < -0.4 is 5.73 Å². The van der Waals surface area contributed by atoms with Gasteiger partial charge in [-0.1, -0.05) is 12.1 Å². The molecule has 1 amide bonds. The molecule has 2 rings (SSSR count). The van der Waals surface area contributed by atoms with Crippen molar-refractivity contribution in [2.75, 3.05) is 32.1 Å². The van der Waals surface area contributed by atoms with Crippen molar-refractivity contribution < 1.29 is 14.6 Å². The average Bonchev–Trinajstić information content (AvgIpc) is 2.38. The summed E-state index contributed by atoms with van der Waals surface area (Å²) >= 11 is 0. The van der Waals surface area contributed by atoms with Gasteiger partial charge in [0.1, 0.15) is 0 Å². The fourth-order valence-electron chi connectivity index (χ4n) is 2.20. The van der Waals surface area contributed by atoms with Gasteiger partial charge in [-0.05, 0) is 18.6 Å². The van der Waals surface area contributed by atoms with E-state index in [1.54, 1.807) is 11.0 Å². The van der Waals surface area contributed by atoms with Crippen LogP contribution in [-0.2, 0) is 4.74 Å². The summed E-state index contributed by atoms with van der Waals surface area (Å²) in [6, 6.07) is 5.11. The van der Waals surface area contributed by atoms with Gasteiger partial charge < -0.3 is 20.5 Å². The lowest BCUT2D eigenvalue weighted by molar-refractivity contribution is -0.0183. The maximum atomic E-state index is 12.5. The zero-order chi connectivity index (χ0) is 13.1. The molecular formula is C13H18N2O3. The predicted molar refractivity (Wildman–Crippen MR) is 68.3 cm³/mol. The van der Waals surface area contributed by atoms with E-state index in [1.807, 2.05) is 19.1 Å². The van der Waals surface area contributed by atoms with Crippen molar-refractivity contribution >= 4 is 11.6 Å². The SMILES string of the molecule is Cc1cccc(N)c1C(=O)N1CCOCC1CO. The molecule has 5 heteroatoms. The normalized spacial score (nSPS) is 19.9. The molecule has 1 saturated heterocycles. The predicted octanol–water partition coefficient (Wildman–Crippen LogP) is 0.411. The van der Waals surface area contributed by atoms with Gasteiger partial charge >= 0.3 is 0 Å². The molecular weight excluding hydrogens is 232 g/mol. The smallest absolute Gasteiger partial charge is 0.256 e. The van der Waals surface area contributed by atoms with Crippen molar-refractivity contribution in [3.8, 4) is 0 Å². The molecule has 98 valence electrons. The molecule has 1 atom stereocenters. The Morgan fingerprint density at radius 1 is 1.61 bits per heavy atom. The summed E-state index contributed by atoms with van der Waals surface area (Å²) in [5, 5.41) is 9.29. The van der Waals surface area contributed by atoms with Crippen LogP contribution in [0.1, 0.15) is 15.9 Å². The average molecular weight is 250 g/mol. The van der Waals surface area contributed by atoms with Gasteiger partial charge in [0.25, 0.3) is 5.91 Å². The van der Waals surface area contributed by atoms with Crippen molar-refractivity contribution in [2.24, 2.45) is 0 Å². The van der Waals surface area contributed by atoms with E-state index < -0.39 is 0 Å². The number of rotatable bonds is 2. The van der Waals surface area contributed by atoms with Crippen molar-refractivity contribution in [2.45, 2.75) is 13.0 Å². The van der Waals surface area contributed by atoms with Gasteiger partial charge in [-0.25, -0.2) is 0 Å². The zero-order valence-electron chi connectivity index (χ0n) is 10.4. The number of nitrogens with zero attached hydrogens (tertiary/aromatic N) is 1. The summed E-state index contributed by atoms with van der Waals surface area (Å²) < 4.78 is 5.26. The molecule has 0 spiro atoms. The van der Waals surface area contributed by atoms with Gasteiger partial charge in [-0.15, -0.1) is 0 Å². The minimum absolute atomic E-state index is 0.0997. The quantitative estimate of drug-likeness (QED) is 0.745. The van der Waals surface area contributed by atoms with Gasteiger partial charge in [-0.2, -0.15) is 0 Å². The third kappa shape index (κ3) is 2.32. The third-order valence-corrected chi connectivity index (χ3v) is 3.22. The highest BCUT2D eigenvalue weighted by Gasteiger charge is 2.29. The largest absolute Gasteiger partial charge is 0.398 e. The number of aliphatic hydroxyl groups excluding tert-OH is 1. The van der Waals surface area contributed by atoms with Crippen LogP contribution in [0, 0.1) is 6.92 Å². The van der Waals surface area contributed by atoms with E-state index in [9.17, 15) is 9.90 Å². The van der Waals surface area contributed by atoms with Crippen LogP contribution in [0.4, 0.5) is 5.69 Å². The summed E-state index contributed by atoms with van der Waals surface area (Å²) in [6.45, 7) is 3.11. The molecule has 1 heterocycles. The third-order valence-electron chi connectivity index (χ3n) is 3.22. The van der Waals surface area contributed by atoms with Crippen molar-refractivity contribution in [3.05, 3.63) is 29.3 Å². The first-order valence-electron chi connectivity index (χ1n) is 5.99. The van der Waals surface area contributed by atoms with Gasteiger partial charge in [0.05, 0.1) is 31.4 Å². The molecule has 1 unspecified atom stereocenters. The maximum absolute atomic E-state index is 12.5. The van der Waals surface area contributed by atoms with Crippen molar-refractivity contribution in [1.82, 2.24) is 4.90 Å². The molecule has 5 nitrogen and oxygen atoms in total. The van der Waals surface area contributed by atoms with E-state index in [0.717, 1.165) is 5.56 Å². The highest BCUT2D eigenvalue weighted by molar-refractivity contribution is 6.00. The van der Waals surface area contributed by atoms with Crippen molar-refractivity contribution in [3.63, 3.8) is 0 Å². The number of morpholine rings is 1. The van der Waals surface area contributed by atoms with E-state index in [0.29, 0.717) is 31.0 Å². The number of carbonyl (C=O) groups excluding carboxylic acids is 1. The molecule has 1 fully saturated rings. The Morgan fingerprint density at radius 3 is 3.06 bits per heavy atom. The molecule has 1 aliphatic heterocycles. The molecule has 3 N–H and O–H groups in total. The van der Waals surface area contributed by atoms with Crippen LogP contribution in [0.25, 0.3) is 0 Å². The minimum atomic E-state index is -0.287. The minimum Gasteiger partial charge on any atom is -0.398 e. The highest BCUT2D eigenvalue weighted by atomic mass is 16.5. The maximum Gasteiger partial charge on any atom is 0.256 e. The molecule has 1 aromatic carbocycles. The number of carbonyl (C=O) groups is 1. The molecule has 0 saturated carbocycles. The van der Waals surface area contributed by atoms with E-state index >= 15 is 0 Å². The van der Waals surface area contributed by atoms with Gasteiger partial charge in [-0.3, -0.25) is 4.79 Å². The first-order chi connectivity index (χ1) is 8.65. The lowest BCUT2D eigenvalue weighted by atomic mass is 10.0. The molecule has 0 bridgehead atoms. The second-order valence-electron chi connectivity index (χ2n) is 4.45. The number of benzene rings is 1. The van der Waals surface area contributed by atoms with Crippen LogP contribution in [0.2, 0.25) is 0 Å². The molecule has 1 aliphatic rings. The molecule has 0 radical (unpaired) electrons. The second kappa shape index (κ2) is 5.37. The van der Waals surface area contributed by atoms with Gasteiger partial charge in [0.2, 0.25) is 0 Å². The van der Waals surface area contributed by atoms with Crippen LogP contribution in [0.5, 0.6) is 0 Å². The first-order valence-corrected chi connectivity index (χ1v) is 5.99. The summed E-state index contributed by atoms with van der Waals surface area (Å²) in [5.41, 5.74) is 7.73. The van der Waals surface area contributed by atoms with Crippen LogP contribution >= 0.6 is 0 Å². The number of hydrogen-bond acceptors (Lipinski definition) is 4. The highest BCUT2D eigenvalue weighted by Crippen LogP contribution is 2.20. The Labute approximate surface area is 106 Å². The van der Waals surface area contributed by atoms with Gasteiger partial charge in [0, 0.05) is 12.2 Å². The van der Waals surface area contributed by atoms with Crippen molar-refractivity contribution in [1.29, 1.82) is 0 Å². The molecule has 0 aliphatic carbocycles. The number of aliphatic hydroxyl groups is 1. The number of anilines is 1. The Bertz CT molecular complexity index is 428. The summed E-state index contributed by atoms with van der Waals surface area (Å²) in [7, 11) is 0. The summed E-state index contributed by atoms with van der Waals surface area (Å²) in [5.74, 6) is -0.132. The van der Waals surface area contributed by atoms with E-state index in [1.165, 1.54) is 0 Å². The van der Waals surface area contributed by atoms with E-state index in [4.69, 9.17) is 10.5 Å². The first kappa shape index (κ1) is 12.9. The van der Waals surface area contributed by atoms with E-state index in [2.05, 4.69) is 0 Å². The number of nitrogen functional groups attached to an aromatic ring is 1. The summed E-state index contributed by atoms with van der Waals surface area (Å²) in [6.07, 6.45) is 0. The van der Waals surface area contributed by atoms with Crippen LogP contribution in [0.15, 0.2) is 18.2 Å². The Balaban J connectivity index is 2.30. The Kier molecular flexibility index (Phi) is 3.84.